The van der Waals surface area contributed by atoms with E-state index in [0.717, 1.165) is 5.56 Å². The molecule has 0 aromatic heterocycles. The molecule has 2 aromatic rings. The van der Waals surface area contributed by atoms with E-state index in [1.54, 1.807) is 12.1 Å². The van der Waals surface area contributed by atoms with Crippen LogP contribution in [0.5, 0.6) is 0 Å². The molecule has 3 heteroatoms. The van der Waals surface area contributed by atoms with Crippen molar-refractivity contribution >= 4 is 0 Å². The van der Waals surface area contributed by atoms with Crippen LogP contribution in [0.15, 0.2) is 42.5 Å². The van der Waals surface area contributed by atoms with E-state index in [1.807, 2.05) is 6.07 Å². The molecule has 19 heavy (non-hydrogen) atoms. The largest absolute Gasteiger partial charge is 0.271 e. The predicted molar refractivity (Wildman–Crippen MR) is 76.1 cm³/mol. The summed E-state index contributed by atoms with van der Waals surface area (Å²) in [5, 5.41) is 0. The van der Waals surface area contributed by atoms with Crippen LogP contribution in [0.3, 0.4) is 0 Å². The summed E-state index contributed by atoms with van der Waals surface area (Å²) in [5.74, 6) is 5.35. The van der Waals surface area contributed by atoms with Crippen molar-refractivity contribution in [1.82, 2.24) is 5.43 Å². The number of hydrazine groups is 1. The van der Waals surface area contributed by atoms with Gasteiger partial charge in [-0.05, 0) is 43.0 Å². The Morgan fingerprint density at radius 1 is 1.11 bits per heavy atom. The number of hydrogen-bond donors (Lipinski definition) is 2. The van der Waals surface area contributed by atoms with Gasteiger partial charge in [-0.1, -0.05) is 36.4 Å². The number of aryl methyl sites for hydroxylation is 2. The lowest BCUT2D eigenvalue weighted by molar-refractivity contribution is 0.510. The maximum absolute atomic E-state index is 13.8. The first-order valence-corrected chi connectivity index (χ1v) is 6.38. The molecule has 0 aliphatic carbocycles. The zero-order valence-electron chi connectivity index (χ0n) is 11.3. The number of hydrogen-bond acceptors (Lipinski definition) is 2. The second-order valence-electron chi connectivity index (χ2n) is 4.86. The Hall–Kier alpha value is -1.71. The lowest BCUT2D eigenvalue weighted by Crippen LogP contribution is -2.30. The van der Waals surface area contributed by atoms with Crippen molar-refractivity contribution in [2.75, 3.05) is 0 Å². The Morgan fingerprint density at radius 3 is 2.47 bits per heavy atom. The van der Waals surface area contributed by atoms with Gasteiger partial charge >= 0.3 is 0 Å². The zero-order chi connectivity index (χ0) is 13.8. The highest BCUT2D eigenvalue weighted by Gasteiger charge is 2.14. The minimum absolute atomic E-state index is 0.219. The second kappa shape index (κ2) is 5.95. The highest BCUT2D eigenvalue weighted by atomic mass is 19.1. The predicted octanol–water partition coefficient (Wildman–Crippen LogP) is 3.19. The smallest absolute Gasteiger partial charge is 0.128 e. The lowest BCUT2D eigenvalue weighted by Gasteiger charge is -2.17. The van der Waals surface area contributed by atoms with Crippen molar-refractivity contribution < 1.29 is 4.39 Å². The molecule has 0 fully saturated rings. The molecule has 2 rings (SSSR count). The minimum Gasteiger partial charge on any atom is -0.271 e. The van der Waals surface area contributed by atoms with Crippen LogP contribution in [0.2, 0.25) is 0 Å². The lowest BCUT2D eigenvalue weighted by atomic mass is 9.96. The van der Waals surface area contributed by atoms with Gasteiger partial charge in [-0.15, -0.1) is 0 Å². The Kier molecular flexibility index (Phi) is 4.30. The molecule has 0 spiro atoms. The van der Waals surface area contributed by atoms with E-state index in [2.05, 4.69) is 37.5 Å². The molecule has 0 saturated heterocycles. The Balaban J connectivity index is 2.24. The molecule has 100 valence electrons. The number of nitrogens with two attached hydrogens (primary N) is 1. The quantitative estimate of drug-likeness (QED) is 0.653. The fourth-order valence-corrected chi connectivity index (χ4v) is 2.18. The third-order valence-electron chi connectivity index (χ3n) is 3.49. The van der Waals surface area contributed by atoms with Crippen LogP contribution in [0.4, 0.5) is 4.39 Å². The minimum atomic E-state index is -0.228. The molecule has 1 unspecified atom stereocenters. The fraction of sp³-hybridized carbons (Fsp3) is 0.250. The van der Waals surface area contributed by atoms with Gasteiger partial charge in [-0.3, -0.25) is 11.3 Å². The van der Waals surface area contributed by atoms with Gasteiger partial charge in [0.25, 0.3) is 0 Å². The first kappa shape index (κ1) is 13.7. The van der Waals surface area contributed by atoms with Crippen molar-refractivity contribution in [2.24, 2.45) is 5.84 Å². The summed E-state index contributed by atoms with van der Waals surface area (Å²) in [6.45, 7) is 4.15. The van der Waals surface area contributed by atoms with Gasteiger partial charge < -0.3 is 0 Å². The molecule has 0 heterocycles. The Bertz CT molecular complexity index is 566. The van der Waals surface area contributed by atoms with Crippen LogP contribution in [0.25, 0.3) is 0 Å². The van der Waals surface area contributed by atoms with E-state index >= 15 is 0 Å². The van der Waals surface area contributed by atoms with Crippen LogP contribution in [0.1, 0.15) is 28.3 Å². The summed E-state index contributed by atoms with van der Waals surface area (Å²) in [7, 11) is 0. The van der Waals surface area contributed by atoms with E-state index < -0.39 is 0 Å². The van der Waals surface area contributed by atoms with Gasteiger partial charge in [0, 0.05) is 5.56 Å². The number of benzene rings is 2. The maximum Gasteiger partial charge on any atom is 0.128 e. The maximum atomic E-state index is 13.8. The van der Waals surface area contributed by atoms with Gasteiger partial charge in [-0.2, -0.15) is 0 Å². The third kappa shape index (κ3) is 3.19. The molecule has 0 radical (unpaired) electrons. The first-order chi connectivity index (χ1) is 9.11. The molecule has 0 amide bonds. The summed E-state index contributed by atoms with van der Waals surface area (Å²) in [4.78, 5) is 0. The molecule has 0 aliphatic heterocycles. The van der Waals surface area contributed by atoms with Gasteiger partial charge in [-0.25, -0.2) is 4.39 Å². The number of rotatable bonds is 4. The van der Waals surface area contributed by atoms with Crippen molar-refractivity contribution in [3.05, 3.63) is 70.5 Å². The molecule has 0 saturated carbocycles. The fourth-order valence-electron chi connectivity index (χ4n) is 2.18. The summed E-state index contributed by atoms with van der Waals surface area (Å²) in [5.41, 5.74) is 6.94. The van der Waals surface area contributed by atoms with Gasteiger partial charge in [0.05, 0.1) is 6.04 Å². The van der Waals surface area contributed by atoms with E-state index in [1.165, 1.54) is 17.2 Å². The van der Waals surface area contributed by atoms with E-state index in [-0.39, 0.29) is 11.9 Å². The van der Waals surface area contributed by atoms with Gasteiger partial charge in [0.15, 0.2) is 0 Å². The van der Waals surface area contributed by atoms with Gasteiger partial charge in [0.1, 0.15) is 5.82 Å². The van der Waals surface area contributed by atoms with Crippen molar-refractivity contribution in [1.29, 1.82) is 0 Å². The van der Waals surface area contributed by atoms with Crippen LogP contribution in [-0.4, -0.2) is 0 Å². The number of nitrogens with one attached hydrogen (secondary N) is 1. The van der Waals surface area contributed by atoms with Crippen LogP contribution < -0.4 is 11.3 Å². The van der Waals surface area contributed by atoms with Crippen molar-refractivity contribution in [3.63, 3.8) is 0 Å². The summed E-state index contributed by atoms with van der Waals surface area (Å²) < 4.78 is 13.8. The highest BCUT2D eigenvalue weighted by Crippen LogP contribution is 2.21. The molecular weight excluding hydrogens is 239 g/mol. The molecule has 3 N–H and O–H groups in total. The second-order valence-corrected chi connectivity index (χ2v) is 4.86. The molecule has 0 bridgehead atoms. The summed E-state index contributed by atoms with van der Waals surface area (Å²) in [6, 6.07) is 12.8. The monoisotopic (exact) mass is 258 g/mol. The molecule has 2 aromatic carbocycles. The summed E-state index contributed by atoms with van der Waals surface area (Å²) in [6.07, 6.45) is 0.665. The van der Waals surface area contributed by atoms with Crippen LogP contribution >= 0.6 is 0 Å². The highest BCUT2D eigenvalue weighted by molar-refractivity contribution is 5.32. The zero-order valence-corrected chi connectivity index (χ0v) is 11.3. The van der Waals surface area contributed by atoms with Crippen molar-refractivity contribution in [3.8, 4) is 0 Å². The first-order valence-electron chi connectivity index (χ1n) is 6.38. The van der Waals surface area contributed by atoms with Gasteiger partial charge in [0.2, 0.25) is 0 Å². The van der Waals surface area contributed by atoms with E-state index in [4.69, 9.17) is 5.84 Å². The number of halogens is 1. The van der Waals surface area contributed by atoms with Crippen molar-refractivity contribution in [2.45, 2.75) is 26.3 Å². The van der Waals surface area contributed by atoms with E-state index in [9.17, 15) is 4.39 Å². The molecule has 0 aliphatic rings. The SMILES string of the molecule is Cc1ccc(CC(NN)c2ccccc2F)cc1C. The normalized spacial score (nSPS) is 12.4. The van der Waals surface area contributed by atoms with E-state index in [0.29, 0.717) is 12.0 Å². The summed E-state index contributed by atoms with van der Waals surface area (Å²) >= 11 is 0. The molecule has 2 nitrogen and oxygen atoms in total. The van der Waals surface area contributed by atoms with Crippen LogP contribution in [-0.2, 0) is 6.42 Å². The Labute approximate surface area is 113 Å². The standard InChI is InChI=1S/C16H19FN2/c1-11-7-8-13(9-12(11)2)10-16(19-18)14-5-3-4-6-15(14)17/h3-9,16,19H,10,18H2,1-2H3. The average molecular weight is 258 g/mol. The molecular formula is C16H19FN2. The third-order valence-corrected chi connectivity index (χ3v) is 3.49. The van der Waals surface area contributed by atoms with Crippen LogP contribution in [0, 0.1) is 19.7 Å². The molecule has 1 atom stereocenters. The Morgan fingerprint density at radius 2 is 1.84 bits per heavy atom. The average Bonchev–Trinajstić information content (AvgIpc) is 2.41. The topological polar surface area (TPSA) is 38.0 Å².